The molecule has 0 amide bonds. The molecule has 23 heavy (non-hydrogen) atoms. The lowest BCUT2D eigenvalue weighted by Crippen LogP contribution is -1.91. The summed E-state index contributed by atoms with van der Waals surface area (Å²) in [5, 5.41) is 0. The lowest BCUT2D eigenvalue weighted by Gasteiger charge is -2.03. The second-order valence-corrected chi connectivity index (χ2v) is 5.91. The Bertz CT molecular complexity index is 883. The summed E-state index contributed by atoms with van der Waals surface area (Å²) < 4.78 is 27.9. The number of aryl methyl sites for hydroxylation is 1. The fourth-order valence-corrected chi connectivity index (χ4v) is 2.63. The standard InChI is InChI=1S/C19H18F2N2/c1-11(2)7-8-13-9-10-16-18(12(13)3)23-19(22-16)17-14(20)5-4-6-15(17)21/h4-7,9-10H,8H2,1-3H3,(H,22,23). The fraction of sp³-hybridized carbons (Fsp3) is 0.211. The van der Waals surface area contributed by atoms with E-state index in [2.05, 4.69) is 29.9 Å². The maximum Gasteiger partial charge on any atom is 0.144 e. The largest absolute Gasteiger partial charge is 0.338 e. The van der Waals surface area contributed by atoms with Crippen LogP contribution in [0.1, 0.15) is 25.0 Å². The van der Waals surface area contributed by atoms with Crippen LogP contribution < -0.4 is 0 Å². The minimum atomic E-state index is -0.619. The average molecular weight is 312 g/mol. The Morgan fingerprint density at radius 2 is 1.83 bits per heavy atom. The van der Waals surface area contributed by atoms with Gasteiger partial charge in [0.15, 0.2) is 0 Å². The zero-order valence-corrected chi connectivity index (χ0v) is 13.4. The van der Waals surface area contributed by atoms with E-state index < -0.39 is 11.6 Å². The van der Waals surface area contributed by atoms with E-state index in [0.29, 0.717) is 0 Å². The van der Waals surface area contributed by atoms with E-state index in [1.165, 1.54) is 23.8 Å². The Kier molecular flexibility index (Phi) is 3.99. The summed E-state index contributed by atoms with van der Waals surface area (Å²) in [5.74, 6) is -1.02. The predicted molar refractivity (Wildman–Crippen MR) is 89.3 cm³/mol. The number of nitrogens with zero attached hydrogens (tertiary/aromatic N) is 1. The summed E-state index contributed by atoms with van der Waals surface area (Å²) in [7, 11) is 0. The van der Waals surface area contributed by atoms with Gasteiger partial charge in [0.2, 0.25) is 0 Å². The summed E-state index contributed by atoms with van der Waals surface area (Å²) >= 11 is 0. The molecule has 1 N–H and O–H groups in total. The van der Waals surface area contributed by atoms with Crippen LogP contribution in [0.2, 0.25) is 0 Å². The van der Waals surface area contributed by atoms with Gasteiger partial charge in [-0.1, -0.05) is 23.8 Å². The Hall–Kier alpha value is -2.49. The van der Waals surface area contributed by atoms with Gasteiger partial charge in [-0.05, 0) is 56.5 Å². The number of nitrogens with one attached hydrogen (secondary N) is 1. The van der Waals surface area contributed by atoms with Crippen LogP contribution in [0.3, 0.4) is 0 Å². The Morgan fingerprint density at radius 3 is 2.48 bits per heavy atom. The number of aromatic amines is 1. The molecule has 3 aromatic rings. The zero-order valence-electron chi connectivity index (χ0n) is 13.4. The van der Waals surface area contributed by atoms with E-state index >= 15 is 0 Å². The van der Waals surface area contributed by atoms with Crippen LogP contribution in [0.5, 0.6) is 0 Å². The number of aromatic nitrogens is 2. The van der Waals surface area contributed by atoms with Gasteiger partial charge in [-0.2, -0.15) is 0 Å². The van der Waals surface area contributed by atoms with E-state index in [4.69, 9.17) is 0 Å². The van der Waals surface area contributed by atoms with Crippen LogP contribution >= 0.6 is 0 Å². The molecule has 3 rings (SSSR count). The summed E-state index contributed by atoms with van der Waals surface area (Å²) in [6.45, 7) is 6.10. The molecule has 4 heteroatoms. The molecule has 2 aromatic carbocycles. The number of benzene rings is 2. The number of rotatable bonds is 3. The monoisotopic (exact) mass is 312 g/mol. The van der Waals surface area contributed by atoms with Crippen molar-refractivity contribution in [3.8, 4) is 11.4 Å². The Labute approximate surface area is 133 Å². The number of hydrogen-bond acceptors (Lipinski definition) is 1. The van der Waals surface area contributed by atoms with Crippen LogP contribution in [0.25, 0.3) is 22.4 Å². The van der Waals surface area contributed by atoms with E-state index in [1.54, 1.807) is 0 Å². The first-order valence-corrected chi connectivity index (χ1v) is 7.53. The average Bonchev–Trinajstić information content (AvgIpc) is 2.91. The Balaban J connectivity index is 2.13. The molecule has 2 nitrogen and oxygen atoms in total. The van der Waals surface area contributed by atoms with Gasteiger partial charge < -0.3 is 4.98 Å². The highest BCUT2D eigenvalue weighted by molar-refractivity contribution is 5.83. The number of halogens is 2. The molecule has 118 valence electrons. The second kappa shape index (κ2) is 5.95. The maximum absolute atomic E-state index is 13.9. The first kappa shape index (κ1) is 15.4. The number of fused-ring (bicyclic) bond motifs is 1. The number of hydrogen-bond donors (Lipinski definition) is 1. The van der Waals surface area contributed by atoms with Crippen molar-refractivity contribution in [1.29, 1.82) is 0 Å². The molecule has 0 saturated heterocycles. The lowest BCUT2D eigenvalue weighted by molar-refractivity contribution is 0.588. The summed E-state index contributed by atoms with van der Waals surface area (Å²) in [6.07, 6.45) is 2.97. The highest BCUT2D eigenvalue weighted by Crippen LogP contribution is 2.28. The second-order valence-electron chi connectivity index (χ2n) is 5.91. The lowest BCUT2D eigenvalue weighted by atomic mass is 10.0. The van der Waals surface area contributed by atoms with E-state index in [0.717, 1.165) is 28.6 Å². The molecular weight excluding hydrogens is 294 g/mol. The van der Waals surface area contributed by atoms with Gasteiger partial charge in [0, 0.05) is 0 Å². The molecule has 0 saturated carbocycles. The van der Waals surface area contributed by atoms with Gasteiger partial charge in [0.05, 0.1) is 16.6 Å². The van der Waals surface area contributed by atoms with Crippen molar-refractivity contribution in [2.45, 2.75) is 27.2 Å². The summed E-state index contributed by atoms with van der Waals surface area (Å²) in [4.78, 5) is 7.46. The van der Waals surface area contributed by atoms with Crippen molar-refractivity contribution < 1.29 is 8.78 Å². The number of allylic oxidation sites excluding steroid dienone is 2. The van der Waals surface area contributed by atoms with Crippen molar-refractivity contribution in [2.24, 2.45) is 0 Å². The molecule has 0 aliphatic carbocycles. The van der Waals surface area contributed by atoms with Crippen LogP contribution in [0, 0.1) is 18.6 Å². The van der Waals surface area contributed by atoms with E-state index in [9.17, 15) is 8.78 Å². The topological polar surface area (TPSA) is 28.7 Å². The smallest absolute Gasteiger partial charge is 0.144 e. The van der Waals surface area contributed by atoms with E-state index in [-0.39, 0.29) is 11.4 Å². The molecular formula is C19H18F2N2. The molecule has 1 aromatic heterocycles. The first-order valence-electron chi connectivity index (χ1n) is 7.53. The highest BCUT2D eigenvalue weighted by Gasteiger charge is 2.16. The normalized spacial score (nSPS) is 11.0. The quantitative estimate of drug-likeness (QED) is 0.651. The maximum atomic E-state index is 13.9. The zero-order chi connectivity index (χ0) is 16.6. The van der Waals surface area contributed by atoms with Crippen LogP contribution in [0.15, 0.2) is 42.0 Å². The SMILES string of the molecule is CC(C)=CCc1ccc2[nH]c(-c3c(F)cccc3F)nc2c1C. The van der Waals surface area contributed by atoms with Gasteiger partial charge in [-0.3, -0.25) is 0 Å². The molecule has 0 aliphatic rings. The fourth-order valence-electron chi connectivity index (χ4n) is 2.63. The van der Waals surface area contributed by atoms with Crippen LogP contribution in [-0.2, 0) is 6.42 Å². The summed E-state index contributed by atoms with van der Waals surface area (Å²) in [5.41, 5.74) is 4.85. The van der Waals surface area contributed by atoms with Crippen molar-refractivity contribution in [2.75, 3.05) is 0 Å². The third kappa shape index (κ3) is 2.89. The van der Waals surface area contributed by atoms with Crippen molar-refractivity contribution in [1.82, 2.24) is 9.97 Å². The number of imidazole rings is 1. The van der Waals surface area contributed by atoms with Gasteiger partial charge >= 0.3 is 0 Å². The molecule has 0 radical (unpaired) electrons. The third-order valence-electron chi connectivity index (χ3n) is 3.95. The molecule has 0 aliphatic heterocycles. The molecule has 0 atom stereocenters. The molecule has 0 fully saturated rings. The van der Waals surface area contributed by atoms with Gasteiger partial charge in [0.1, 0.15) is 17.5 Å². The third-order valence-corrected chi connectivity index (χ3v) is 3.95. The summed E-state index contributed by atoms with van der Waals surface area (Å²) in [6, 6.07) is 7.75. The first-order chi connectivity index (χ1) is 11.0. The van der Waals surface area contributed by atoms with E-state index in [1.807, 2.05) is 19.1 Å². The molecule has 0 unspecified atom stereocenters. The molecule has 1 heterocycles. The van der Waals surface area contributed by atoms with Gasteiger partial charge in [-0.15, -0.1) is 0 Å². The molecule has 0 spiro atoms. The Morgan fingerprint density at radius 1 is 1.13 bits per heavy atom. The predicted octanol–water partition coefficient (Wildman–Crippen LogP) is 5.33. The minimum absolute atomic E-state index is 0.117. The van der Waals surface area contributed by atoms with Crippen molar-refractivity contribution in [3.63, 3.8) is 0 Å². The van der Waals surface area contributed by atoms with Crippen LogP contribution in [0.4, 0.5) is 8.78 Å². The van der Waals surface area contributed by atoms with Crippen LogP contribution in [-0.4, -0.2) is 9.97 Å². The number of H-pyrrole nitrogens is 1. The van der Waals surface area contributed by atoms with Crippen molar-refractivity contribution in [3.05, 3.63) is 64.7 Å². The molecule has 0 bridgehead atoms. The van der Waals surface area contributed by atoms with Crippen molar-refractivity contribution >= 4 is 11.0 Å². The highest BCUT2D eigenvalue weighted by atomic mass is 19.1. The van der Waals surface area contributed by atoms with Gasteiger partial charge in [-0.25, -0.2) is 13.8 Å². The minimum Gasteiger partial charge on any atom is -0.338 e. The van der Waals surface area contributed by atoms with Gasteiger partial charge in [0.25, 0.3) is 0 Å².